The highest BCUT2D eigenvalue weighted by molar-refractivity contribution is 6.16. The normalized spacial score (nSPS) is 11.2. The molecule has 0 aliphatic carbocycles. The molecule has 0 spiro atoms. The van der Waals surface area contributed by atoms with E-state index in [9.17, 15) is 0 Å². The highest BCUT2D eigenvalue weighted by atomic mass is 35.5. The Labute approximate surface area is 120 Å². The van der Waals surface area contributed by atoms with E-state index in [1.807, 2.05) is 23.6 Å². The fraction of sp³-hybridized carbons (Fsp3) is 0.308. The van der Waals surface area contributed by atoms with E-state index in [1.165, 1.54) is 0 Å². The van der Waals surface area contributed by atoms with E-state index in [-0.39, 0.29) is 0 Å². The van der Waals surface area contributed by atoms with Crippen LogP contribution in [0.5, 0.6) is 5.88 Å². The lowest BCUT2D eigenvalue weighted by Crippen LogP contribution is -2.04. The number of methoxy groups -OCH3 is 1. The molecule has 0 aliphatic heterocycles. The smallest absolute Gasteiger partial charge is 0.215 e. The second-order valence-electron chi connectivity index (χ2n) is 4.38. The van der Waals surface area contributed by atoms with Crippen molar-refractivity contribution in [3.63, 3.8) is 0 Å². The molecular weight excluding hydrogens is 280 g/mol. The fourth-order valence-corrected chi connectivity index (χ4v) is 2.26. The third-order valence-electron chi connectivity index (χ3n) is 2.97. The van der Waals surface area contributed by atoms with Gasteiger partial charge in [-0.05, 0) is 13.0 Å². The number of hydrogen-bond donors (Lipinski definition) is 0. The summed E-state index contributed by atoms with van der Waals surface area (Å²) in [6.07, 6.45) is 0. The third kappa shape index (κ3) is 2.22. The summed E-state index contributed by atoms with van der Waals surface area (Å²) in [6, 6.07) is 5.51. The van der Waals surface area contributed by atoms with Crippen LogP contribution in [-0.4, -0.2) is 26.8 Å². The maximum Gasteiger partial charge on any atom is 0.215 e. The number of aryl methyl sites for hydroxylation is 1. The number of nitrogens with zero attached hydrogens (tertiary/aromatic N) is 4. The van der Waals surface area contributed by atoms with E-state index in [0.717, 1.165) is 22.8 Å². The van der Waals surface area contributed by atoms with Crippen LogP contribution in [0.4, 0.5) is 0 Å². The zero-order chi connectivity index (χ0) is 14.1. The molecule has 104 valence electrons. The van der Waals surface area contributed by atoms with Gasteiger partial charge >= 0.3 is 0 Å². The van der Waals surface area contributed by atoms with E-state index in [0.29, 0.717) is 24.0 Å². The molecule has 0 aromatic carbocycles. The SMILES string of the molecule is COc1ccc2nc(CCl)n(Cc3cc(C)no3)c2n1. The molecule has 0 saturated heterocycles. The Kier molecular flexibility index (Phi) is 3.31. The summed E-state index contributed by atoms with van der Waals surface area (Å²) in [7, 11) is 1.58. The van der Waals surface area contributed by atoms with Crippen LogP contribution in [0.2, 0.25) is 0 Å². The summed E-state index contributed by atoms with van der Waals surface area (Å²) >= 11 is 5.96. The van der Waals surface area contributed by atoms with Crippen molar-refractivity contribution in [2.24, 2.45) is 0 Å². The molecule has 3 heterocycles. The predicted octanol–water partition coefficient (Wildman–Crippen LogP) is 2.52. The van der Waals surface area contributed by atoms with Gasteiger partial charge in [-0.25, -0.2) is 4.98 Å². The van der Waals surface area contributed by atoms with Gasteiger partial charge < -0.3 is 13.8 Å². The highest BCUT2D eigenvalue weighted by Gasteiger charge is 2.14. The molecule has 0 bridgehead atoms. The average Bonchev–Trinajstić information content (AvgIpc) is 3.03. The standard InChI is InChI=1S/C13H13ClN4O2/c1-8-5-9(20-17-8)7-18-11(6-14)15-10-3-4-12(19-2)16-13(10)18/h3-5H,6-7H2,1-2H3. The number of pyridine rings is 1. The molecular formula is C13H13ClN4O2. The monoisotopic (exact) mass is 292 g/mol. The number of fused-ring (bicyclic) bond motifs is 1. The van der Waals surface area contributed by atoms with Gasteiger partial charge in [0.05, 0.1) is 25.2 Å². The molecule has 3 rings (SSSR count). The van der Waals surface area contributed by atoms with Crippen molar-refractivity contribution >= 4 is 22.8 Å². The van der Waals surface area contributed by atoms with Gasteiger partial charge in [-0.15, -0.1) is 11.6 Å². The van der Waals surface area contributed by atoms with E-state index in [4.69, 9.17) is 20.9 Å². The van der Waals surface area contributed by atoms with Gasteiger partial charge in [0, 0.05) is 12.1 Å². The van der Waals surface area contributed by atoms with Gasteiger partial charge in [0.25, 0.3) is 0 Å². The van der Waals surface area contributed by atoms with E-state index in [1.54, 1.807) is 13.2 Å². The molecule has 0 unspecified atom stereocenters. The van der Waals surface area contributed by atoms with Crippen LogP contribution in [0.15, 0.2) is 22.7 Å². The maximum atomic E-state index is 5.96. The summed E-state index contributed by atoms with van der Waals surface area (Å²) in [6.45, 7) is 2.36. The molecule has 3 aromatic rings. The van der Waals surface area contributed by atoms with E-state index in [2.05, 4.69) is 15.1 Å². The number of halogens is 1. The topological polar surface area (TPSA) is 66.0 Å². The van der Waals surface area contributed by atoms with Crippen molar-refractivity contribution in [1.29, 1.82) is 0 Å². The van der Waals surface area contributed by atoms with Gasteiger partial charge in [-0.2, -0.15) is 4.98 Å². The van der Waals surface area contributed by atoms with Crippen molar-refractivity contribution in [3.05, 3.63) is 35.5 Å². The number of hydrogen-bond acceptors (Lipinski definition) is 5. The molecule has 0 fully saturated rings. The Balaban J connectivity index is 2.10. The largest absolute Gasteiger partial charge is 0.481 e. The van der Waals surface area contributed by atoms with Crippen LogP contribution in [0, 0.1) is 6.92 Å². The van der Waals surface area contributed by atoms with Crippen LogP contribution in [0.1, 0.15) is 17.3 Å². The minimum atomic E-state index is 0.297. The third-order valence-corrected chi connectivity index (χ3v) is 3.20. The summed E-state index contributed by atoms with van der Waals surface area (Å²) in [5, 5.41) is 3.88. The highest BCUT2D eigenvalue weighted by Crippen LogP contribution is 2.20. The number of ether oxygens (including phenoxy) is 1. The van der Waals surface area contributed by atoms with Gasteiger partial charge in [0.2, 0.25) is 5.88 Å². The Morgan fingerprint density at radius 3 is 2.85 bits per heavy atom. The molecule has 0 aliphatic rings. The predicted molar refractivity (Wildman–Crippen MR) is 74.0 cm³/mol. The minimum Gasteiger partial charge on any atom is -0.481 e. The van der Waals surface area contributed by atoms with Crippen molar-refractivity contribution in [3.8, 4) is 5.88 Å². The van der Waals surface area contributed by atoms with Crippen LogP contribution >= 0.6 is 11.6 Å². The van der Waals surface area contributed by atoms with Crippen LogP contribution in [-0.2, 0) is 12.4 Å². The van der Waals surface area contributed by atoms with E-state index >= 15 is 0 Å². The minimum absolute atomic E-state index is 0.297. The Bertz CT molecular complexity index is 750. The molecule has 0 atom stereocenters. The summed E-state index contributed by atoms with van der Waals surface area (Å²) in [5.74, 6) is 2.30. The van der Waals surface area contributed by atoms with E-state index < -0.39 is 0 Å². The van der Waals surface area contributed by atoms with Gasteiger partial charge in [0.15, 0.2) is 11.4 Å². The van der Waals surface area contributed by atoms with Gasteiger partial charge in [-0.3, -0.25) is 0 Å². The first kappa shape index (κ1) is 12.9. The molecule has 20 heavy (non-hydrogen) atoms. The van der Waals surface area contributed by atoms with Crippen molar-refractivity contribution in [1.82, 2.24) is 19.7 Å². The molecule has 3 aromatic heterocycles. The van der Waals surface area contributed by atoms with Crippen LogP contribution < -0.4 is 4.74 Å². The zero-order valence-corrected chi connectivity index (χ0v) is 11.9. The van der Waals surface area contributed by atoms with Crippen molar-refractivity contribution in [2.45, 2.75) is 19.3 Å². The maximum absolute atomic E-state index is 5.96. The lowest BCUT2D eigenvalue weighted by molar-refractivity contribution is 0.372. The zero-order valence-electron chi connectivity index (χ0n) is 11.1. The van der Waals surface area contributed by atoms with Crippen molar-refractivity contribution < 1.29 is 9.26 Å². The second-order valence-corrected chi connectivity index (χ2v) is 4.65. The van der Waals surface area contributed by atoms with Gasteiger partial charge in [0.1, 0.15) is 11.3 Å². The first-order valence-corrected chi connectivity index (χ1v) is 6.63. The molecule has 0 saturated carbocycles. The van der Waals surface area contributed by atoms with Crippen molar-refractivity contribution in [2.75, 3.05) is 7.11 Å². The number of rotatable bonds is 4. The summed E-state index contributed by atoms with van der Waals surface area (Å²) in [5.41, 5.74) is 2.33. The Morgan fingerprint density at radius 1 is 1.35 bits per heavy atom. The first-order chi connectivity index (χ1) is 9.71. The molecule has 0 N–H and O–H groups in total. The fourth-order valence-electron chi connectivity index (χ4n) is 2.06. The molecule has 0 radical (unpaired) electrons. The van der Waals surface area contributed by atoms with Crippen LogP contribution in [0.3, 0.4) is 0 Å². The molecule has 6 nitrogen and oxygen atoms in total. The summed E-state index contributed by atoms with van der Waals surface area (Å²) in [4.78, 5) is 8.88. The Hall–Kier alpha value is -2.08. The Morgan fingerprint density at radius 2 is 2.20 bits per heavy atom. The van der Waals surface area contributed by atoms with Gasteiger partial charge in [-0.1, -0.05) is 5.16 Å². The quantitative estimate of drug-likeness (QED) is 0.691. The lowest BCUT2D eigenvalue weighted by Gasteiger charge is -2.04. The number of alkyl halides is 1. The first-order valence-electron chi connectivity index (χ1n) is 6.09. The number of imidazole rings is 1. The number of aromatic nitrogens is 4. The second kappa shape index (κ2) is 5.13. The average molecular weight is 293 g/mol. The summed E-state index contributed by atoms with van der Waals surface area (Å²) < 4.78 is 12.3. The molecule has 0 amide bonds. The molecule has 7 heteroatoms. The lowest BCUT2D eigenvalue weighted by atomic mass is 10.3. The van der Waals surface area contributed by atoms with Crippen LogP contribution in [0.25, 0.3) is 11.2 Å².